The first-order valence-corrected chi connectivity index (χ1v) is 9.79. The number of benzene rings is 1. The third-order valence-corrected chi connectivity index (χ3v) is 6.08. The fourth-order valence-electron chi connectivity index (χ4n) is 4.60. The van der Waals surface area contributed by atoms with Gasteiger partial charge in [0.05, 0.1) is 13.2 Å². The molecule has 140 valence electrons. The number of aliphatic hydroxyl groups excluding tert-OH is 1. The number of H-pyrrole nitrogens is 1. The second kappa shape index (κ2) is 7.31. The van der Waals surface area contributed by atoms with Gasteiger partial charge in [0.25, 0.3) is 0 Å². The molecule has 1 amide bonds. The van der Waals surface area contributed by atoms with E-state index in [-0.39, 0.29) is 24.0 Å². The van der Waals surface area contributed by atoms with Gasteiger partial charge in [0.15, 0.2) is 0 Å². The zero-order valence-electron chi connectivity index (χ0n) is 15.4. The van der Waals surface area contributed by atoms with Crippen LogP contribution in [0.3, 0.4) is 0 Å². The molecular formula is C21H28N2O3. The molecule has 1 unspecified atom stereocenters. The molecule has 3 atom stereocenters. The molecular weight excluding hydrogens is 328 g/mol. The van der Waals surface area contributed by atoms with Crippen LogP contribution in [-0.2, 0) is 17.6 Å². The van der Waals surface area contributed by atoms with E-state index in [4.69, 9.17) is 4.74 Å². The van der Waals surface area contributed by atoms with E-state index in [1.165, 1.54) is 16.6 Å². The molecule has 0 spiro atoms. The number of carbonyl (C=O) groups excluding carboxylic acids is 1. The van der Waals surface area contributed by atoms with Crippen LogP contribution in [0.15, 0.2) is 18.2 Å². The summed E-state index contributed by atoms with van der Waals surface area (Å²) < 4.78 is 5.36. The second-order valence-corrected chi connectivity index (χ2v) is 7.82. The smallest absolute Gasteiger partial charge is 0.220 e. The summed E-state index contributed by atoms with van der Waals surface area (Å²) in [5.74, 6) is 1.07. The number of methoxy groups -OCH3 is 1. The fourth-order valence-corrected chi connectivity index (χ4v) is 4.60. The molecule has 0 saturated heterocycles. The normalized spacial score (nSPS) is 25.7. The Morgan fingerprint density at radius 3 is 2.96 bits per heavy atom. The minimum absolute atomic E-state index is 0.0850. The van der Waals surface area contributed by atoms with E-state index in [9.17, 15) is 9.90 Å². The zero-order chi connectivity index (χ0) is 18.1. The predicted molar refractivity (Wildman–Crippen MR) is 101 cm³/mol. The third kappa shape index (κ3) is 3.45. The average molecular weight is 356 g/mol. The first-order chi connectivity index (χ1) is 12.6. The lowest BCUT2D eigenvalue weighted by atomic mass is 9.84. The Labute approximate surface area is 154 Å². The van der Waals surface area contributed by atoms with Crippen molar-refractivity contribution >= 4 is 16.8 Å². The van der Waals surface area contributed by atoms with Gasteiger partial charge in [0.2, 0.25) is 5.91 Å². The SMILES string of the molecule is COc1ccc2[nH]c3c(c2c1)CC(NC(=O)C[C@@H]1CCCC[C@H]1O)CC3. The van der Waals surface area contributed by atoms with Crippen molar-refractivity contribution in [3.8, 4) is 5.75 Å². The van der Waals surface area contributed by atoms with E-state index in [0.717, 1.165) is 56.2 Å². The van der Waals surface area contributed by atoms with Crippen LogP contribution in [0.2, 0.25) is 0 Å². The highest BCUT2D eigenvalue weighted by Crippen LogP contribution is 2.32. The van der Waals surface area contributed by atoms with E-state index in [2.05, 4.69) is 22.4 Å². The van der Waals surface area contributed by atoms with Gasteiger partial charge in [-0.25, -0.2) is 0 Å². The van der Waals surface area contributed by atoms with Gasteiger partial charge in [-0.05, 0) is 61.8 Å². The number of ether oxygens (including phenoxy) is 1. The summed E-state index contributed by atoms with van der Waals surface area (Å²) in [5, 5.41) is 14.5. The molecule has 4 rings (SSSR count). The first-order valence-electron chi connectivity index (χ1n) is 9.79. The molecule has 0 radical (unpaired) electrons. The average Bonchev–Trinajstić information content (AvgIpc) is 3.00. The van der Waals surface area contributed by atoms with Gasteiger partial charge >= 0.3 is 0 Å². The standard InChI is InChI=1S/C21H28N2O3/c1-26-15-7-9-19-17(12-15)16-11-14(6-8-18(16)23-19)22-21(25)10-13-4-2-3-5-20(13)24/h7,9,12-14,20,23-24H,2-6,8,10-11H2,1H3,(H,22,25)/t13-,14?,20+/m0/s1. The number of rotatable bonds is 4. The van der Waals surface area contributed by atoms with Crippen molar-refractivity contribution in [2.45, 2.75) is 63.5 Å². The van der Waals surface area contributed by atoms with E-state index in [0.29, 0.717) is 6.42 Å². The number of amides is 1. The van der Waals surface area contributed by atoms with Crippen molar-refractivity contribution in [1.82, 2.24) is 10.3 Å². The zero-order valence-corrected chi connectivity index (χ0v) is 15.4. The highest BCUT2D eigenvalue weighted by Gasteiger charge is 2.28. The summed E-state index contributed by atoms with van der Waals surface area (Å²) in [4.78, 5) is 16.0. The quantitative estimate of drug-likeness (QED) is 0.788. The van der Waals surface area contributed by atoms with Crippen LogP contribution in [0.1, 0.15) is 49.8 Å². The van der Waals surface area contributed by atoms with Gasteiger partial charge in [-0.1, -0.05) is 12.8 Å². The highest BCUT2D eigenvalue weighted by atomic mass is 16.5. The Morgan fingerprint density at radius 2 is 2.15 bits per heavy atom. The van der Waals surface area contributed by atoms with Crippen molar-refractivity contribution in [2.24, 2.45) is 5.92 Å². The molecule has 0 bridgehead atoms. The molecule has 2 aliphatic rings. The highest BCUT2D eigenvalue weighted by molar-refractivity contribution is 5.86. The lowest BCUT2D eigenvalue weighted by molar-refractivity contribution is -0.124. The molecule has 1 fully saturated rings. The van der Waals surface area contributed by atoms with Crippen molar-refractivity contribution in [3.05, 3.63) is 29.5 Å². The number of hydrogen-bond donors (Lipinski definition) is 3. The van der Waals surface area contributed by atoms with Crippen molar-refractivity contribution in [3.63, 3.8) is 0 Å². The third-order valence-electron chi connectivity index (χ3n) is 6.08. The number of nitrogens with one attached hydrogen (secondary N) is 2. The lowest BCUT2D eigenvalue weighted by Crippen LogP contribution is -2.40. The maximum atomic E-state index is 12.5. The fraction of sp³-hybridized carbons (Fsp3) is 0.571. The minimum atomic E-state index is -0.312. The summed E-state index contributed by atoms with van der Waals surface area (Å²) in [6.45, 7) is 0. The monoisotopic (exact) mass is 356 g/mol. The van der Waals surface area contributed by atoms with Gasteiger partial charge in [-0.2, -0.15) is 0 Å². The van der Waals surface area contributed by atoms with Crippen LogP contribution in [0, 0.1) is 5.92 Å². The molecule has 1 aromatic heterocycles. The summed E-state index contributed by atoms with van der Waals surface area (Å²) >= 11 is 0. The van der Waals surface area contributed by atoms with Crippen molar-refractivity contribution < 1.29 is 14.6 Å². The van der Waals surface area contributed by atoms with Crippen LogP contribution >= 0.6 is 0 Å². The van der Waals surface area contributed by atoms with Crippen molar-refractivity contribution in [2.75, 3.05) is 7.11 Å². The molecule has 1 aromatic carbocycles. The van der Waals surface area contributed by atoms with E-state index < -0.39 is 0 Å². The predicted octanol–water partition coefficient (Wildman–Crippen LogP) is 3.09. The van der Waals surface area contributed by atoms with Crippen LogP contribution in [0.25, 0.3) is 10.9 Å². The molecule has 0 aliphatic heterocycles. The molecule has 3 N–H and O–H groups in total. The molecule has 26 heavy (non-hydrogen) atoms. The summed E-state index contributed by atoms with van der Waals surface area (Å²) in [7, 11) is 1.68. The Balaban J connectivity index is 1.43. The van der Waals surface area contributed by atoms with Gasteiger partial charge in [0, 0.05) is 29.1 Å². The van der Waals surface area contributed by atoms with Crippen LogP contribution in [0.4, 0.5) is 0 Å². The Morgan fingerprint density at radius 1 is 1.31 bits per heavy atom. The number of fused-ring (bicyclic) bond motifs is 3. The molecule has 5 nitrogen and oxygen atoms in total. The Kier molecular flexibility index (Phi) is 4.90. The van der Waals surface area contributed by atoms with Gasteiger partial charge < -0.3 is 20.1 Å². The Bertz CT molecular complexity index is 798. The van der Waals surface area contributed by atoms with Gasteiger partial charge in [-0.3, -0.25) is 4.79 Å². The maximum Gasteiger partial charge on any atom is 0.220 e. The lowest BCUT2D eigenvalue weighted by Gasteiger charge is -2.29. The number of aryl methyl sites for hydroxylation is 1. The number of hydrogen-bond acceptors (Lipinski definition) is 3. The van der Waals surface area contributed by atoms with Crippen LogP contribution < -0.4 is 10.1 Å². The van der Waals surface area contributed by atoms with E-state index in [1.54, 1.807) is 7.11 Å². The number of aliphatic hydroxyl groups is 1. The number of aromatic amines is 1. The molecule has 1 heterocycles. The number of carbonyl (C=O) groups is 1. The van der Waals surface area contributed by atoms with E-state index >= 15 is 0 Å². The number of aromatic nitrogens is 1. The molecule has 1 saturated carbocycles. The van der Waals surface area contributed by atoms with E-state index in [1.807, 2.05) is 6.07 Å². The summed E-state index contributed by atoms with van der Waals surface area (Å²) in [6, 6.07) is 6.28. The topological polar surface area (TPSA) is 74.3 Å². The van der Waals surface area contributed by atoms with Crippen LogP contribution in [0.5, 0.6) is 5.75 Å². The van der Waals surface area contributed by atoms with Crippen LogP contribution in [-0.4, -0.2) is 35.3 Å². The molecule has 2 aromatic rings. The maximum absolute atomic E-state index is 12.5. The first kappa shape index (κ1) is 17.4. The minimum Gasteiger partial charge on any atom is -0.497 e. The van der Waals surface area contributed by atoms with Gasteiger partial charge in [-0.15, -0.1) is 0 Å². The molecule has 5 heteroatoms. The Hall–Kier alpha value is -2.01. The summed E-state index contributed by atoms with van der Waals surface area (Å²) in [5.41, 5.74) is 3.71. The summed E-state index contributed by atoms with van der Waals surface area (Å²) in [6.07, 6.45) is 6.89. The van der Waals surface area contributed by atoms with Crippen molar-refractivity contribution in [1.29, 1.82) is 0 Å². The van der Waals surface area contributed by atoms with Gasteiger partial charge in [0.1, 0.15) is 5.75 Å². The largest absolute Gasteiger partial charge is 0.497 e. The molecule has 2 aliphatic carbocycles. The second-order valence-electron chi connectivity index (χ2n) is 7.82.